The number of carbonyl (C=O) groups is 2. The molecule has 1 aliphatic heterocycles. The van der Waals surface area contributed by atoms with Crippen molar-refractivity contribution in [2.45, 2.75) is 32.9 Å². The second kappa shape index (κ2) is 6.29. The summed E-state index contributed by atoms with van der Waals surface area (Å²) in [5.74, 6) is -0.215. The van der Waals surface area contributed by atoms with Gasteiger partial charge in [-0.3, -0.25) is 14.6 Å². The Hall–Kier alpha value is -2.33. The van der Waals surface area contributed by atoms with Gasteiger partial charge in [0.15, 0.2) is 0 Å². The fourth-order valence-electron chi connectivity index (χ4n) is 3.04. The van der Waals surface area contributed by atoms with Crippen molar-refractivity contribution in [3.63, 3.8) is 0 Å². The second-order valence-corrected chi connectivity index (χ2v) is 6.48. The van der Waals surface area contributed by atoms with E-state index >= 15 is 0 Å². The van der Waals surface area contributed by atoms with E-state index in [-0.39, 0.29) is 11.9 Å². The summed E-state index contributed by atoms with van der Waals surface area (Å²) >= 11 is 6.24. The number of hydrogen-bond donors (Lipinski definition) is 0. The largest absolute Gasteiger partial charge is 0.332 e. The minimum absolute atomic E-state index is 0.215. The van der Waals surface area contributed by atoms with E-state index in [1.54, 1.807) is 13.0 Å². The molecule has 0 radical (unpaired) electrons. The van der Waals surface area contributed by atoms with Crippen LogP contribution in [0.25, 0.3) is 0 Å². The van der Waals surface area contributed by atoms with Crippen molar-refractivity contribution in [1.29, 1.82) is 0 Å². The van der Waals surface area contributed by atoms with Gasteiger partial charge in [-0.15, -0.1) is 0 Å². The van der Waals surface area contributed by atoms with Crippen LogP contribution in [0.5, 0.6) is 0 Å². The Morgan fingerprint density at radius 1 is 1.04 bits per heavy atom. The third-order valence-electron chi connectivity index (χ3n) is 4.45. The fourth-order valence-corrected chi connectivity index (χ4v) is 3.33. The highest BCUT2D eigenvalue weighted by atomic mass is 35.5. The molecular weight excluding hydrogens is 324 g/mol. The summed E-state index contributed by atoms with van der Waals surface area (Å²) in [6.07, 6.45) is 0. The molecule has 0 aliphatic carbocycles. The smallest absolute Gasteiger partial charge is 0.282 e. The summed E-state index contributed by atoms with van der Waals surface area (Å²) in [6, 6.07) is 13.6. The monoisotopic (exact) mass is 342 g/mol. The Morgan fingerprint density at radius 3 is 2.29 bits per heavy atom. The molecule has 3 amide bonds. The molecule has 2 atom stereocenters. The number of anilines is 1. The summed E-state index contributed by atoms with van der Waals surface area (Å²) in [5, 5.41) is 0.548. The maximum atomic E-state index is 12.9. The second-order valence-electron chi connectivity index (χ2n) is 6.07. The highest BCUT2D eigenvalue weighted by Crippen LogP contribution is 2.34. The molecule has 0 N–H and O–H groups in total. The Bertz CT molecular complexity index is 788. The summed E-state index contributed by atoms with van der Waals surface area (Å²) in [5.41, 5.74) is 2.59. The van der Waals surface area contributed by atoms with Crippen molar-refractivity contribution in [2.24, 2.45) is 0 Å². The predicted molar refractivity (Wildman–Crippen MR) is 95.2 cm³/mol. The van der Waals surface area contributed by atoms with Crippen molar-refractivity contribution in [2.75, 3.05) is 4.90 Å². The molecule has 1 heterocycles. The van der Waals surface area contributed by atoms with Crippen molar-refractivity contribution in [3.05, 3.63) is 64.7 Å². The number of nitrogens with zero attached hydrogens (tertiary/aromatic N) is 2. The van der Waals surface area contributed by atoms with E-state index in [4.69, 9.17) is 11.6 Å². The van der Waals surface area contributed by atoms with Crippen LogP contribution in [0.3, 0.4) is 0 Å². The first-order valence-corrected chi connectivity index (χ1v) is 8.27. The van der Waals surface area contributed by atoms with Crippen LogP contribution in [0.2, 0.25) is 5.02 Å². The molecule has 0 aromatic heterocycles. The average molecular weight is 343 g/mol. The number of amides is 3. The number of carbonyl (C=O) groups excluding carboxylic acids is 2. The van der Waals surface area contributed by atoms with Crippen molar-refractivity contribution >= 4 is 29.2 Å². The molecule has 2 aromatic rings. The van der Waals surface area contributed by atoms with Gasteiger partial charge in [0, 0.05) is 10.7 Å². The lowest BCUT2D eigenvalue weighted by atomic mass is 10.1. The van der Waals surface area contributed by atoms with Gasteiger partial charge in [0.2, 0.25) is 0 Å². The molecule has 124 valence electrons. The first-order valence-electron chi connectivity index (χ1n) is 7.89. The van der Waals surface area contributed by atoms with Crippen LogP contribution < -0.4 is 4.90 Å². The summed E-state index contributed by atoms with van der Waals surface area (Å²) in [4.78, 5) is 28.5. The number of halogens is 1. The Labute approximate surface area is 146 Å². The number of imide groups is 1. The minimum atomic E-state index is -0.537. The van der Waals surface area contributed by atoms with E-state index in [0.29, 0.717) is 5.02 Å². The Balaban J connectivity index is 1.96. The van der Waals surface area contributed by atoms with Crippen molar-refractivity contribution in [1.82, 2.24) is 4.90 Å². The summed E-state index contributed by atoms with van der Waals surface area (Å²) in [7, 11) is 0. The maximum absolute atomic E-state index is 12.9. The van der Waals surface area contributed by atoms with Crippen LogP contribution in [-0.2, 0) is 4.79 Å². The average Bonchev–Trinajstić information content (AvgIpc) is 2.78. The molecule has 5 heteroatoms. The molecule has 1 saturated heterocycles. The van der Waals surface area contributed by atoms with E-state index < -0.39 is 12.1 Å². The van der Waals surface area contributed by atoms with Crippen LogP contribution in [0, 0.1) is 6.92 Å². The van der Waals surface area contributed by atoms with Gasteiger partial charge in [0.1, 0.15) is 6.04 Å². The number of benzene rings is 2. The van der Waals surface area contributed by atoms with Gasteiger partial charge < -0.3 is 0 Å². The molecule has 0 bridgehead atoms. The molecular formula is C19H19ClN2O2. The summed E-state index contributed by atoms with van der Waals surface area (Å²) < 4.78 is 0. The number of urea groups is 1. The van der Waals surface area contributed by atoms with Gasteiger partial charge in [-0.25, -0.2) is 4.79 Å². The topological polar surface area (TPSA) is 40.6 Å². The first-order chi connectivity index (χ1) is 11.4. The predicted octanol–water partition coefficient (Wildman–Crippen LogP) is 4.57. The van der Waals surface area contributed by atoms with E-state index in [1.807, 2.05) is 56.3 Å². The zero-order chi connectivity index (χ0) is 17.4. The van der Waals surface area contributed by atoms with Crippen LogP contribution in [-0.4, -0.2) is 22.9 Å². The van der Waals surface area contributed by atoms with Crippen molar-refractivity contribution < 1.29 is 9.59 Å². The van der Waals surface area contributed by atoms with Crippen molar-refractivity contribution in [3.8, 4) is 0 Å². The molecule has 1 fully saturated rings. The van der Waals surface area contributed by atoms with E-state index in [9.17, 15) is 9.59 Å². The SMILES string of the molecule is Cc1ccc(N2C(=O)N([C@H](C)c3ccccc3Cl)C(=O)[C@@H]2C)cc1. The fraction of sp³-hybridized carbons (Fsp3) is 0.263. The molecule has 0 spiro atoms. The Morgan fingerprint density at radius 2 is 1.67 bits per heavy atom. The summed E-state index contributed by atoms with van der Waals surface area (Å²) in [6.45, 7) is 5.55. The standard InChI is InChI=1S/C19H19ClN2O2/c1-12-8-10-15(11-9-12)21-14(3)18(23)22(19(21)24)13(2)16-6-4-5-7-17(16)20/h4-11,13-14H,1-3H3/t13-,14+/m1/s1. The molecule has 3 rings (SSSR count). The maximum Gasteiger partial charge on any atom is 0.332 e. The van der Waals surface area contributed by atoms with Gasteiger partial charge in [0.25, 0.3) is 5.91 Å². The molecule has 1 aliphatic rings. The quantitative estimate of drug-likeness (QED) is 0.767. The third-order valence-corrected chi connectivity index (χ3v) is 4.79. The zero-order valence-electron chi connectivity index (χ0n) is 13.9. The third kappa shape index (κ3) is 2.67. The molecule has 2 aromatic carbocycles. The highest BCUT2D eigenvalue weighted by Gasteiger charge is 2.45. The van der Waals surface area contributed by atoms with E-state index in [1.165, 1.54) is 9.80 Å². The number of hydrogen-bond acceptors (Lipinski definition) is 2. The van der Waals surface area contributed by atoms with Gasteiger partial charge in [-0.05, 0) is 44.5 Å². The van der Waals surface area contributed by atoms with Crippen LogP contribution >= 0.6 is 11.6 Å². The molecule has 4 nitrogen and oxygen atoms in total. The van der Waals surface area contributed by atoms with Gasteiger partial charge >= 0.3 is 6.03 Å². The minimum Gasteiger partial charge on any atom is -0.282 e. The van der Waals surface area contributed by atoms with Crippen LogP contribution in [0.15, 0.2) is 48.5 Å². The lowest BCUT2D eigenvalue weighted by Crippen LogP contribution is -2.35. The molecule has 24 heavy (non-hydrogen) atoms. The molecule has 0 saturated carbocycles. The lowest BCUT2D eigenvalue weighted by Gasteiger charge is -2.24. The normalized spacial score (nSPS) is 19.1. The van der Waals surface area contributed by atoms with E-state index in [2.05, 4.69) is 0 Å². The lowest BCUT2D eigenvalue weighted by molar-refractivity contribution is -0.128. The molecule has 0 unspecified atom stereocenters. The van der Waals surface area contributed by atoms with Crippen LogP contribution in [0.4, 0.5) is 10.5 Å². The number of aryl methyl sites for hydroxylation is 1. The van der Waals surface area contributed by atoms with Gasteiger partial charge in [0.05, 0.1) is 6.04 Å². The first kappa shape index (κ1) is 16.5. The number of rotatable bonds is 3. The van der Waals surface area contributed by atoms with Crippen LogP contribution in [0.1, 0.15) is 31.0 Å². The van der Waals surface area contributed by atoms with E-state index in [0.717, 1.165) is 16.8 Å². The van der Waals surface area contributed by atoms with Gasteiger partial charge in [-0.1, -0.05) is 47.5 Å². The highest BCUT2D eigenvalue weighted by molar-refractivity contribution is 6.31. The Kier molecular flexibility index (Phi) is 4.33. The van der Waals surface area contributed by atoms with Gasteiger partial charge in [-0.2, -0.15) is 0 Å². The zero-order valence-corrected chi connectivity index (χ0v) is 14.6.